The van der Waals surface area contributed by atoms with E-state index in [4.69, 9.17) is 15.2 Å². The molecule has 0 radical (unpaired) electrons. The van der Waals surface area contributed by atoms with Crippen molar-refractivity contribution >= 4 is 0 Å². The second-order valence-corrected chi connectivity index (χ2v) is 5.97. The summed E-state index contributed by atoms with van der Waals surface area (Å²) in [5, 5.41) is 0. The SMILES string of the molecule is CCc1ccc(C(N)C2COc3cc(C)c(C)cc3O2)cc1. The molecule has 0 spiro atoms. The second kappa shape index (κ2) is 6.01. The van der Waals surface area contributed by atoms with Gasteiger partial charge in [-0.3, -0.25) is 0 Å². The average molecular weight is 297 g/mol. The van der Waals surface area contributed by atoms with Gasteiger partial charge in [-0.05, 0) is 54.7 Å². The average Bonchev–Trinajstić information content (AvgIpc) is 2.55. The van der Waals surface area contributed by atoms with Crippen molar-refractivity contribution in [2.24, 2.45) is 5.73 Å². The maximum absolute atomic E-state index is 6.38. The van der Waals surface area contributed by atoms with E-state index in [-0.39, 0.29) is 12.1 Å². The normalized spacial score (nSPS) is 18.1. The lowest BCUT2D eigenvalue weighted by molar-refractivity contribution is 0.0719. The molecule has 3 heteroatoms. The van der Waals surface area contributed by atoms with Crippen molar-refractivity contribution in [1.29, 1.82) is 0 Å². The summed E-state index contributed by atoms with van der Waals surface area (Å²) >= 11 is 0. The standard InChI is InChI=1S/C19H23NO2/c1-4-14-5-7-15(8-6-14)19(20)18-11-21-16-9-12(2)13(3)10-17(16)22-18/h5-10,18-19H,4,11,20H2,1-3H3. The van der Waals surface area contributed by atoms with E-state index in [0.29, 0.717) is 6.61 Å². The van der Waals surface area contributed by atoms with E-state index >= 15 is 0 Å². The first kappa shape index (κ1) is 14.9. The molecule has 1 aliphatic heterocycles. The minimum Gasteiger partial charge on any atom is -0.486 e. The van der Waals surface area contributed by atoms with Crippen LogP contribution in [0.5, 0.6) is 11.5 Å². The molecule has 1 heterocycles. The monoisotopic (exact) mass is 297 g/mol. The molecule has 2 unspecified atom stereocenters. The molecule has 3 nitrogen and oxygen atoms in total. The van der Waals surface area contributed by atoms with Gasteiger partial charge < -0.3 is 15.2 Å². The van der Waals surface area contributed by atoms with E-state index in [0.717, 1.165) is 23.5 Å². The highest BCUT2D eigenvalue weighted by Crippen LogP contribution is 2.36. The second-order valence-electron chi connectivity index (χ2n) is 5.97. The van der Waals surface area contributed by atoms with E-state index in [9.17, 15) is 0 Å². The Morgan fingerprint density at radius 3 is 2.36 bits per heavy atom. The summed E-state index contributed by atoms with van der Waals surface area (Å²) in [6.45, 7) is 6.78. The van der Waals surface area contributed by atoms with Gasteiger partial charge in [-0.25, -0.2) is 0 Å². The smallest absolute Gasteiger partial charge is 0.162 e. The van der Waals surface area contributed by atoms with Gasteiger partial charge in [0.05, 0.1) is 6.04 Å². The summed E-state index contributed by atoms with van der Waals surface area (Å²) in [6.07, 6.45) is 0.868. The zero-order valence-electron chi connectivity index (χ0n) is 13.4. The van der Waals surface area contributed by atoms with Gasteiger partial charge in [0.2, 0.25) is 0 Å². The Balaban J connectivity index is 1.79. The van der Waals surface area contributed by atoms with Gasteiger partial charge in [0.15, 0.2) is 17.6 Å². The van der Waals surface area contributed by atoms with Gasteiger partial charge in [0, 0.05) is 0 Å². The zero-order chi connectivity index (χ0) is 15.7. The van der Waals surface area contributed by atoms with Crippen molar-refractivity contribution in [1.82, 2.24) is 0 Å². The van der Waals surface area contributed by atoms with Crippen molar-refractivity contribution in [3.63, 3.8) is 0 Å². The van der Waals surface area contributed by atoms with Crippen molar-refractivity contribution in [2.45, 2.75) is 39.3 Å². The summed E-state index contributed by atoms with van der Waals surface area (Å²) in [7, 11) is 0. The number of hydrogen-bond acceptors (Lipinski definition) is 3. The Bertz CT molecular complexity index is 664. The highest BCUT2D eigenvalue weighted by Gasteiger charge is 2.28. The first-order valence-corrected chi connectivity index (χ1v) is 7.83. The molecule has 0 saturated heterocycles. The van der Waals surface area contributed by atoms with Gasteiger partial charge in [0.1, 0.15) is 6.61 Å². The molecule has 3 rings (SSSR count). The van der Waals surface area contributed by atoms with E-state index in [2.05, 4.69) is 45.0 Å². The van der Waals surface area contributed by atoms with E-state index in [1.165, 1.54) is 16.7 Å². The lowest BCUT2D eigenvalue weighted by Crippen LogP contribution is -2.39. The van der Waals surface area contributed by atoms with Gasteiger partial charge >= 0.3 is 0 Å². The third-order valence-electron chi connectivity index (χ3n) is 4.41. The molecule has 2 N–H and O–H groups in total. The molecule has 2 atom stereocenters. The number of rotatable bonds is 3. The lowest BCUT2D eigenvalue weighted by atomic mass is 9.99. The molecular formula is C19H23NO2. The molecule has 116 valence electrons. The largest absolute Gasteiger partial charge is 0.486 e. The van der Waals surface area contributed by atoms with Crippen LogP contribution in [-0.2, 0) is 6.42 Å². The Morgan fingerprint density at radius 1 is 1.09 bits per heavy atom. The molecule has 0 saturated carbocycles. The fourth-order valence-corrected chi connectivity index (χ4v) is 2.70. The fraction of sp³-hybridized carbons (Fsp3) is 0.368. The molecule has 2 aromatic rings. The van der Waals surface area contributed by atoms with Gasteiger partial charge in [-0.2, -0.15) is 0 Å². The Labute approximate surface area is 132 Å². The van der Waals surface area contributed by atoms with Crippen LogP contribution in [0.3, 0.4) is 0 Å². The maximum atomic E-state index is 6.38. The number of fused-ring (bicyclic) bond motifs is 1. The van der Waals surface area contributed by atoms with Crippen molar-refractivity contribution in [3.8, 4) is 11.5 Å². The number of ether oxygens (including phenoxy) is 2. The minimum absolute atomic E-state index is 0.165. The molecule has 22 heavy (non-hydrogen) atoms. The van der Waals surface area contributed by atoms with Crippen molar-refractivity contribution in [2.75, 3.05) is 6.61 Å². The van der Waals surface area contributed by atoms with E-state index in [1.54, 1.807) is 0 Å². The van der Waals surface area contributed by atoms with E-state index in [1.807, 2.05) is 12.1 Å². The number of nitrogens with two attached hydrogens (primary N) is 1. The summed E-state index contributed by atoms with van der Waals surface area (Å²) < 4.78 is 11.9. The van der Waals surface area contributed by atoms with Crippen LogP contribution in [0.15, 0.2) is 36.4 Å². The van der Waals surface area contributed by atoms with Crippen molar-refractivity contribution < 1.29 is 9.47 Å². The molecule has 1 aliphatic rings. The third kappa shape index (κ3) is 2.81. The van der Waals surface area contributed by atoms with Gasteiger partial charge in [-0.15, -0.1) is 0 Å². The van der Waals surface area contributed by atoms with Crippen molar-refractivity contribution in [3.05, 3.63) is 58.7 Å². The molecule has 0 bridgehead atoms. The van der Waals surface area contributed by atoms with Gasteiger partial charge in [-0.1, -0.05) is 31.2 Å². The fourth-order valence-electron chi connectivity index (χ4n) is 2.70. The molecule has 0 amide bonds. The quantitative estimate of drug-likeness (QED) is 0.939. The van der Waals surface area contributed by atoms with Crippen LogP contribution in [0.1, 0.15) is 35.2 Å². The summed E-state index contributed by atoms with van der Waals surface area (Å²) in [5.41, 5.74) is 11.2. The van der Waals surface area contributed by atoms with Crippen LogP contribution in [-0.4, -0.2) is 12.7 Å². The Kier molecular flexibility index (Phi) is 4.08. The number of benzene rings is 2. The summed E-state index contributed by atoms with van der Waals surface area (Å²) in [4.78, 5) is 0. The predicted octanol–water partition coefficient (Wildman–Crippen LogP) is 3.71. The molecule has 2 aromatic carbocycles. The van der Waals surface area contributed by atoms with Crippen LogP contribution in [0.2, 0.25) is 0 Å². The molecule has 0 aliphatic carbocycles. The highest BCUT2D eigenvalue weighted by molar-refractivity contribution is 5.47. The first-order chi connectivity index (χ1) is 10.6. The molecule has 0 aromatic heterocycles. The first-order valence-electron chi connectivity index (χ1n) is 7.83. The topological polar surface area (TPSA) is 44.5 Å². The number of aryl methyl sites for hydroxylation is 3. The summed E-state index contributed by atoms with van der Waals surface area (Å²) in [6, 6.07) is 12.3. The minimum atomic E-state index is -0.194. The lowest BCUT2D eigenvalue weighted by Gasteiger charge is -2.31. The molecule has 0 fully saturated rings. The highest BCUT2D eigenvalue weighted by atomic mass is 16.6. The maximum Gasteiger partial charge on any atom is 0.162 e. The Morgan fingerprint density at radius 2 is 1.73 bits per heavy atom. The van der Waals surface area contributed by atoms with Gasteiger partial charge in [0.25, 0.3) is 0 Å². The zero-order valence-corrected chi connectivity index (χ0v) is 13.4. The van der Waals surface area contributed by atoms with Crippen LogP contribution in [0.25, 0.3) is 0 Å². The Hall–Kier alpha value is -2.00. The third-order valence-corrected chi connectivity index (χ3v) is 4.41. The van der Waals surface area contributed by atoms with Crippen LogP contribution < -0.4 is 15.2 Å². The van der Waals surface area contributed by atoms with E-state index < -0.39 is 0 Å². The van der Waals surface area contributed by atoms with Crippen LogP contribution in [0.4, 0.5) is 0 Å². The van der Waals surface area contributed by atoms with Crippen LogP contribution >= 0.6 is 0 Å². The molecular weight excluding hydrogens is 274 g/mol. The predicted molar refractivity (Wildman–Crippen MR) is 88.6 cm³/mol. The number of hydrogen-bond donors (Lipinski definition) is 1. The van der Waals surface area contributed by atoms with Crippen LogP contribution in [0, 0.1) is 13.8 Å². The summed E-state index contributed by atoms with van der Waals surface area (Å²) in [5.74, 6) is 1.60.